The number of ether oxygens (including phenoxy) is 1. The van der Waals surface area contributed by atoms with Gasteiger partial charge in [-0.1, -0.05) is 19.1 Å². The molecule has 3 aromatic rings. The monoisotopic (exact) mass is 310 g/mol. The third-order valence-corrected chi connectivity index (χ3v) is 3.64. The zero-order valence-electron chi connectivity index (χ0n) is 13.1. The molecule has 2 heterocycles. The number of amides is 1. The second-order valence-corrected chi connectivity index (χ2v) is 5.12. The number of benzene rings is 1. The molecule has 6 heteroatoms. The van der Waals surface area contributed by atoms with Crippen molar-refractivity contribution < 1.29 is 9.53 Å². The Morgan fingerprint density at radius 1 is 1.26 bits per heavy atom. The Bertz CT molecular complexity index is 824. The van der Waals surface area contributed by atoms with Gasteiger partial charge in [-0.25, -0.2) is 9.50 Å². The number of hydrogen-bond acceptors (Lipinski definition) is 4. The molecule has 0 saturated carbocycles. The summed E-state index contributed by atoms with van der Waals surface area (Å²) in [6, 6.07) is 11.2. The van der Waals surface area contributed by atoms with E-state index in [1.807, 2.05) is 31.2 Å². The molecule has 0 aliphatic heterocycles. The van der Waals surface area contributed by atoms with Gasteiger partial charge >= 0.3 is 0 Å². The summed E-state index contributed by atoms with van der Waals surface area (Å²) in [7, 11) is 1.63. The maximum atomic E-state index is 12.3. The van der Waals surface area contributed by atoms with Gasteiger partial charge in [0.15, 0.2) is 5.65 Å². The summed E-state index contributed by atoms with van der Waals surface area (Å²) in [4.78, 5) is 16.7. The van der Waals surface area contributed by atoms with Crippen LogP contribution in [-0.2, 0) is 13.0 Å². The van der Waals surface area contributed by atoms with Crippen LogP contribution in [0.2, 0.25) is 0 Å². The maximum absolute atomic E-state index is 12.3. The van der Waals surface area contributed by atoms with Gasteiger partial charge in [0.2, 0.25) is 0 Å². The maximum Gasteiger partial charge on any atom is 0.270 e. The van der Waals surface area contributed by atoms with E-state index in [2.05, 4.69) is 15.4 Å². The Hall–Kier alpha value is -2.89. The second-order valence-electron chi connectivity index (χ2n) is 5.12. The summed E-state index contributed by atoms with van der Waals surface area (Å²) >= 11 is 0. The van der Waals surface area contributed by atoms with Gasteiger partial charge in [0, 0.05) is 18.3 Å². The van der Waals surface area contributed by atoms with Gasteiger partial charge in [-0.15, -0.1) is 0 Å². The van der Waals surface area contributed by atoms with Crippen LogP contribution in [0, 0.1) is 0 Å². The minimum absolute atomic E-state index is 0.195. The average Bonchev–Trinajstić information content (AvgIpc) is 3.07. The van der Waals surface area contributed by atoms with Crippen LogP contribution in [0.3, 0.4) is 0 Å². The van der Waals surface area contributed by atoms with E-state index in [-0.39, 0.29) is 5.91 Å². The van der Waals surface area contributed by atoms with E-state index in [4.69, 9.17) is 4.74 Å². The van der Waals surface area contributed by atoms with Crippen molar-refractivity contribution in [3.05, 3.63) is 59.5 Å². The molecule has 1 N–H and O–H groups in total. The summed E-state index contributed by atoms with van der Waals surface area (Å²) in [5, 5.41) is 7.10. The number of aromatic nitrogens is 3. The van der Waals surface area contributed by atoms with Crippen molar-refractivity contribution in [3.8, 4) is 5.75 Å². The first-order chi connectivity index (χ1) is 11.2. The minimum Gasteiger partial charge on any atom is -0.497 e. The highest BCUT2D eigenvalue weighted by Gasteiger charge is 2.11. The van der Waals surface area contributed by atoms with Crippen LogP contribution in [0.5, 0.6) is 5.75 Å². The van der Waals surface area contributed by atoms with Crippen LogP contribution in [0.1, 0.15) is 28.7 Å². The molecule has 0 bridgehead atoms. The number of nitrogens with one attached hydrogen (secondary N) is 1. The zero-order valence-corrected chi connectivity index (χ0v) is 13.1. The van der Waals surface area contributed by atoms with Crippen LogP contribution < -0.4 is 10.1 Å². The third kappa shape index (κ3) is 3.15. The molecule has 1 amide bonds. The van der Waals surface area contributed by atoms with Gasteiger partial charge in [-0.3, -0.25) is 4.79 Å². The van der Waals surface area contributed by atoms with Crippen molar-refractivity contribution in [2.45, 2.75) is 19.9 Å². The molecule has 2 aromatic heterocycles. The molecule has 0 radical (unpaired) electrons. The first kappa shape index (κ1) is 15.0. The van der Waals surface area contributed by atoms with Crippen LogP contribution in [0.25, 0.3) is 5.65 Å². The lowest BCUT2D eigenvalue weighted by molar-refractivity contribution is 0.0946. The number of nitrogens with zero attached hydrogens (tertiary/aromatic N) is 3. The molecule has 0 spiro atoms. The molecule has 23 heavy (non-hydrogen) atoms. The molecule has 3 rings (SSSR count). The van der Waals surface area contributed by atoms with Gasteiger partial charge in [0.05, 0.1) is 13.3 Å². The van der Waals surface area contributed by atoms with E-state index in [1.54, 1.807) is 30.0 Å². The van der Waals surface area contributed by atoms with E-state index in [9.17, 15) is 4.79 Å². The molecular formula is C17H18N4O2. The summed E-state index contributed by atoms with van der Waals surface area (Å²) in [6.07, 6.45) is 2.46. The highest BCUT2D eigenvalue weighted by Crippen LogP contribution is 2.12. The normalized spacial score (nSPS) is 10.7. The zero-order chi connectivity index (χ0) is 16.2. The van der Waals surface area contributed by atoms with E-state index >= 15 is 0 Å². The summed E-state index contributed by atoms with van der Waals surface area (Å²) in [5.41, 5.74) is 3.04. The molecule has 0 fully saturated rings. The number of aryl methyl sites for hydroxylation is 1. The average molecular weight is 310 g/mol. The highest BCUT2D eigenvalue weighted by molar-refractivity contribution is 5.92. The quantitative estimate of drug-likeness (QED) is 0.784. The van der Waals surface area contributed by atoms with Crippen molar-refractivity contribution in [2.24, 2.45) is 0 Å². The topological polar surface area (TPSA) is 68.5 Å². The number of carbonyl (C=O) groups is 1. The first-order valence-corrected chi connectivity index (χ1v) is 7.46. The SMILES string of the molecule is CCc1cc(C(=O)NCc2ccc(OC)cc2)nc2ccnn12. The summed E-state index contributed by atoms with van der Waals surface area (Å²) in [6.45, 7) is 2.46. The minimum atomic E-state index is -0.195. The van der Waals surface area contributed by atoms with Crippen molar-refractivity contribution in [3.63, 3.8) is 0 Å². The smallest absolute Gasteiger partial charge is 0.270 e. The van der Waals surface area contributed by atoms with E-state index < -0.39 is 0 Å². The fourth-order valence-electron chi connectivity index (χ4n) is 2.36. The van der Waals surface area contributed by atoms with Crippen molar-refractivity contribution >= 4 is 11.6 Å². The third-order valence-electron chi connectivity index (χ3n) is 3.64. The van der Waals surface area contributed by atoms with Crippen molar-refractivity contribution in [1.82, 2.24) is 19.9 Å². The van der Waals surface area contributed by atoms with E-state index in [0.717, 1.165) is 23.4 Å². The number of methoxy groups -OCH3 is 1. The first-order valence-electron chi connectivity index (χ1n) is 7.46. The molecule has 6 nitrogen and oxygen atoms in total. The molecule has 0 aliphatic carbocycles. The lowest BCUT2D eigenvalue weighted by atomic mass is 10.2. The molecule has 0 aliphatic rings. The fourth-order valence-corrected chi connectivity index (χ4v) is 2.36. The number of fused-ring (bicyclic) bond motifs is 1. The lowest BCUT2D eigenvalue weighted by Crippen LogP contribution is -2.24. The number of hydrogen-bond donors (Lipinski definition) is 1. The van der Waals surface area contributed by atoms with Crippen LogP contribution in [-0.4, -0.2) is 27.6 Å². The van der Waals surface area contributed by atoms with Gasteiger partial charge in [0.25, 0.3) is 5.91 Å². The molecular weight excluding hydrogens is 292 g/mol. The molecule has 0 atom stereocenters. The van der Waals surface area contributed by atoms with Crippen LogP contribution >= 0.6 is 0 Å². The largest absolute Gasteiger partial charge is 0.497 e. The van der Waals surface area contributed by atoms with Crippen molar-refractivity contribution in [1.29, 1.82) is 0 Å². The Morgan fingerprint density at radius 3 is 2.74 bits per heavy atom. The van der Waals surface area contributed by atoms with E-state index in [0.29, 0.717) is 17.9 Å². The Morgan fingerprint density at radius 2 is 2.04 bits per heavy atom. The van der Waals surface area contributed by atoms with Gasteiger partial charge in [-0.05, 0) is 30.2 Å². The number of carbonyl (C=O) groups excluding carboxylic acids is 1. The predicted molar refractivity (Wildman–Crippen MR) is 86.5 cm³/mol. The Kier molecular flexibility index (Phi) is 4.23. The van der Waals surface area contributed by atoms with Gasteiger partial charge < -0.3 is 10.1 Å². The van der Waals surface area contributed by atoms with Crippen LogP contribution in [0.4, 0.5) is 0 Å². The van der Waals surface area contributed by atoms with Gasteiger partial charge in [-0.2, -0.15) is 5.10 Å². The molecule has 118 valence electrons. The number of rotatable bonds is 5. The van der Waals surface area contributed by atoms with Gasteiger partial charge in [0.1, 0.15) is 11.4 Å². The second kappa shape index (κ2) is 6.48. The molecule has 1 aromatic carbocycles. The molecule has 0 saturated heterocycles. The molecule has 0 unspecified atom stereocenters. The summed E-state index contributed by atoms with van der Waals surface area (Å²) in [5.74, 6) is 0.597. The van der Waals surface area contributed by atoms with Crippen LogP contribution in [0.15, 0.2) is 42.6 Å². The Balaban J connectivity index is 1.74. The van der Waals surface area contributed by atoms with Crippen molar-refractivity contribution in [2.75, 3.05) is 7.11 Å². The Labute approximate surface area is 134 Å². The standard InChI is InChI=1S/C17H18N4O2/c1-3-13-10-15(20-16-8-9-19-21(13)16)17(22)18-11-12-4-6-14(23-2)7-5-12/h4-10H,3,11H2,1-2H3,(H,18,22). The lowest BCUT2D eigenvalue weighted by Gasteiger charge is -2.08. The summed E-state index contributed by atoms with van der Waals surface area (Å²) < 4.78 is 6.87. The van der Waals surface area contributed by atoms with E-state index in [1.165, 1.54) is 0 Å². The highest BCUT2D eigenvalue weighted by atomic mass is 16.5. The fraction of sp³-hybridized carbons (Fsp3) is 0.235. The predicted octanol–water partition coefficient (Wildman–Crippen LogP) is 2.23.